The van der Waals surface area contributed by atoms with Gasteiger partial charge in [0, 0.05) is 12.2 Å². The van der Waals surface area contributed by atoms with Crippen molar-refractivity contribution < 1.29 is 0 Å². The third-order valence-electron chi connectivity index (χ3n) is 2.11. The first kappa shape index (κ1) is 6.80. The molecule has 1 aromatic rings. The highest BCUT2D eigenvalue weighted by Gasteiger charge is 2.15. The monoisotopic (exact) mass is 148 g/mol. The normalized spacial score (nSPS) is 23.8. The van der Waals surface area contributed by atoms with Crippen molar-refractivity contribution in [1.82, 2.24) is 10.3 Å². The maximum atomic E-state index is 4.30. The number of hydrogen-bond donors (Lipinski definition) is 1. The molecule has 0 amide bonds. The van der Waals surface area contributed by atoms with Crippen molar-refractivity contribution in [1.29, 1.82) is 0 Å². The fourth-order valence-electron chi connectivity index (χ4n) is 1.52. The fourth-order valence-corrected chi connectivity index (χ4v) is 1.52. The van der Waals surface area contributed by atoms with Gasteiger partial charge in [-0.2, -0.15) is 0 Å². The zero-order chi connectivity index (χ0) is 7.52. The van der Waals surface area contributed by atoms with Crippen LogP contribution in [0.4, 0.5) is 0 Å². The molecule has 0 radical (unpaired) electrons. The molecule has 0 aliphatic carbocycles. The van der Waals surface area contributed by atoms with Crippen LogP contribution in [0.5, 0.6) is 0 Å². The summed E-state index contributed by atoms with van der Waals surface area (Å²) < 4.78 is 0. The van der Waals surface area contributed by atoms with E-state index in [1.54, 1.807) is 0 Å². The third-order valence-corrected chi connectivity index (χ3v) is 2.11. The standard InChI is InChI=1S/C9H12N2/c1-2-6-10-8(4-1)9-5-3-7-11-9/h1-2,4,6,9,11H,3,5,7H2/t9-/m0/s1. The van der Waals surface area contributed by atoms with Gasteiger partial charge in [-0.15, -0.1) is 0 Å². The number of pyridine rings is 1. The van der Waals surface area contributed by atoms with E-state index in [2.05, 4.69) is 16.4 Å². The van der Waals surface area contributed by atoms with Crippen molar-refractivity contribution >= 4 is 0 Å². The van der Waals surface area contributed by atoms with Gasteiger partial charge >= 0.3 is 0 Å². The van der Waals surface area contributed by atoms with Crippen LogP contribution in [0.25, 0.3) is 0 Å². The molecular formula is C9H12N2. The van der Waals surface area contributed by atoms with Crippen LogP contribution in [0, 0.1) is 0 Å². The van der Waals surface area contributed by atoms with Crippen molar-refractivity contribution in [2.75, 3.05) is 6.54 Å². The Morgan fingerprint density at radius 1 is 1.45 bits per heavy atom. The molecule has 2 rings (SSSR count). The van der Waals surface area contributed by atoms with Gasteiger partial charge in [0.25, 0.3) is 0 Å². The van der Waals surface area contributed by atoms with E-state index < -0.39 is 0 Å². The molecule has 1 aliphatic rings. The number of nitrogens with one attached hydrogen (secondary N) is 1. The molecule has 0 bridgehead atoms. The molecule has 1 aromatic heterocycles. The molecule has 1 saturated heterocycles. The SMILES string of the molecule is c1ccc([C@@H]2CCCN2)nc1. The average Bonchev–Trinajstić information content (AvgIpc) is 2.58. The van der Waals surface area contributed by atoms with Crippen LogP contribution in [0.15, 0.2) is 24.4 Å². The van der Waals surface area contributed by atoms with E-state index in [0.29, 0.717) is 6.04 Å². The van der Waals surface area contributed by atoms with Crippen LogP contribution in [-0.2, 0) is 0 Å². The van der Waals surface area contributed by atoms with Crippen LogP contribution < -0.4 is 5.32 Å². The Balaban J connectivity index is 2.16. The van der Waals surface area contributed by atoms with Gasteiger partial charge in [0.2, 0.25) is 0 Å². The van der Waals surface area contributed by atoms with Crippen LogP contribution >= 0.6 is 0 Å². The second kappa shape index (κ2) is 3.01. The third kappa shape index (κ3) is 1.40. The Hall–Kier alpha value is -0.890. The van der Waals surface area contributed by atoms with E-state index in [-0.39, 0.29) is 0 Å². The maximum absolute atomic E-state index is 4.30. The van der Waals surface area contributed by atoms with Gasteiger partial charge in [-0.3, -0.25) is 4.98 Å². The molecule has 0 unspecified atom stereocenters. The van der Waals surface area contributed by atoms with Crippen molar-refractivity contribution in [2.24, 2.45) is 0 Å². The number of hydrogen-bond acceptors (Lipinski definition) is 2. The topological polar surface area (TPSA) is 24.9 Å². The highest BCUT2D eigenvalue weighted by atomic mass is 15.0. The molecular weight excluding hydrogens is 136 g/mol. The number of nitrogens with zero attached hydrogens (tertiary/aromatic N) is 1. The van der Waals surface area contributed by atoms with E-state index >= 15 is 0 Å². The van der Waals surface area contributed by atoms with E-state index in [4.69, 9.17) is 0 Å². The predicted octanol–water partition coefficient (Wildman–Crippen LogP) is 1.51. The molecule has 11 heavy (non-hydrogen) atoms. The van der Waals surface area contributed by atoms with E-state index in [1.807, 2.05) is 18.3 Å². The lowest BCUT2D eigenvalue weighted by Gasteiger charge is -2.07. The Morgan fingerprint density at radius 2 is 2.45 bits per heavy atom. The van der Waals surface area contributed by atoms with E-state index in [1.165, 1.54) is 18.5 Å². The molecule has 0 spiro atoms. The molecule has 1 fully saturated rings. The van der Waals surface area contributed by atoms with Crippen LogP contribution in [0.3, 0.4) is 0 Å². The summed E-state index contributed by atoms with van der Waals surface area (Å²) in [4.78, 5) is 4.30. The first-order valence-corrected chi connectivity index (χ1v) is 4.11. The van der Waals surface area contributed by atoms with Gasteiger partial charge in [-0.25, -0.2) is 0 Å². The van der Waals surface area contributed by atoms with Gasteiger partial charge in [-0.1, -0.05) is 6.07 Å². The quantitative estimate of drug-likeness (QED) is 0.653. The lowest BCUT2D eigenvalue weighted by molar-refractivity contribution is 0.628. The molecule has 1 aliphatic heterocycles. The second-order valence-electron chi connectivity index (χ2n) is 2.90. The maximum Gasteiger partial charge on any atom is 0.0573 e. The summed E-state index contributed by atoms with van der Waals surface area (Å²) in [5.41, 5.74) is 1.19. The lowest BCUT2D eigenvalue weighted by Crippen LogP contribution is -2.13. The van der Waals surface area contributed by atoms with E-state index in [9.17, 15) is 0 Å². The van der Waals surface area contributed by atoms with Crippen molar-refractivity contribution in [3.05, 3.63) is 30.1 Å². The summed E-state index contributed by atoms with van der Waals surface area (Å²) in [6.45, 7) is 1.14. The van der Waals surface area contributed by atoms with E-state index in [0.717, 1.165) is 6.54 Å². The Bertz CT molecular complexity index is 214. The summed E-state index contributed by atoms with van der Waals surface area (Å²) in [5, 5.41) is 3.41. The summed E-state index contributed by atoms with van der Waals surface area (Å²) >= 11 is 0. The van der Waals surface area contributed by atoms with Crippen molar-refractivity contribution in [2.45, 2.75) is 18.9 Å². The minimum Gasteiger partial charge on any atom is -0.309 e. The molecule has 1 atom stereocenters. The summed E-state index contributed by atoms with van der Waals surface area (Å²) in [6.07, 6.45) is 4.37. The van der Waals surface area contributed by atoms with Gasteiger partial charge in [0.05, 0.1) is 5.69 Å². The number of rotatable bonds is 1. The molecule has 0 aromatic carbocycles. The minimum absolute atomic E-state index is 0.510. The second-order valence-corrected chi connectivity index (χ2v) is 2.90. The minimum atomic E-state index is 0.510. The highest BCUT2D eigenvalue weighted by molar-refractivity contribution is 5.09. The highest BCUT2D eigenvalue weighted by Crippen LogP contribution is 2.19. The van der Waals surface area contributed by atoms with Crippen molar-refractivity contribution in [3.8, 4) is 0 Å². The molecule has 2 nitrogen and oxygen atoms in total. The zero-order valence-corrected chi connectivity index (χ0v) is 6.46. The molecule has 58 valence electrons. The number of aromatic nitrogens is 1. The average molecular weight is 148 g/mol. The fraction of sp³-hybridized carbons (Fsp3) is 0.444. The molecule has 1 N–H and O–H groups in total. The first-order chi connectivity index (χ1) is 5.47. The van der Waals surface area contributed by atoms with Gasteiger partial charge < -0.3 is 5.32 Å². The summed E-state index contributed by atoms with van der Waals surface area (Å²) in [5.74, 6) is 0. The van der Waals surface area contributed by atoms with Crippen LogP contribution in [0.2, 0.25) is 0 Å². The summed E-state index contributed by atoms with van der Waals surface area (Å²) in [7, 11) is 0. The van der Waals surface area contributed by atoms with Gasteiger partial charge in [-0.05, 0) is 31.5 Å². The Morgan fingerprint density at radius 3 is 3.09 bits per heavy atom. The first-order valence-electron chi connectivity index (χ1n) is 4.11. The lowest BCUT2D eigenvalue weighted by atomic mass is 10.1. The summed E-state index contributed by atoms with van der Waals surface area (Å²) in [6, 6.07) is 6.60. The Kier molecular flexibility index (Phi) is 1.86. The smallest absolute Gasteiger partial charge is 0.0573 e. The van der Waals surface area contributed by atoms with Crippen LogP contribution in [-0.4, -0.2) is 11.5 Å². The van der Waals surface area contributed by atoms with Gasteiger partial charge in [0.15, 0.2) is 0 Å². The Labute approximate surface area is 66.7 Å². The molecule has 0 saturated carbocycles. The largest absolute Gasteiger partial charge is 0.309 e. The van der Waals surface area contributed by atoms with Gasteiger partial charge in [0.1, 0.15) is 0 Å². The van der Waals surface area contributed by atoms with Crippen LogP contribution in [0.1, 0.15) is 24.6 Å². The molecule has 2 heterocycles. The van der Waals surface area contributed by atoms with Crippen molar-refractivity contribution in [3.63, 3.8) is 0 Å². The predicted molar refractivity (Wildman–Crippen MR) is 44.2 cm³/mol. The zero-order valence-electron chi connectivity index (χ0n) is 6.46. The molecule has 2 heteroatoms.